The second-order valence-electron chi connectivity index (χ2n) is 5.71. The van der Waals surface area contributed by atoms with E-state index in [0.717, 1.165) is 24.2 Å². The van der Waals surface area contributed by atoms with Crippen LogP contribution in [0.15, 0.2) is 24.3 Å². The maximum Gasteiger partial charge on any atom is 0.241 e. The summed E-state index contributed by atoms with van der Waals surface area (Å²) in [6.45, 7) is 2.12. The summed E-state index contributed by atoms with van der Waals surface area (Å²) in [6.07, 6.45) is 1.80. The minimum Gasteiger partial charge on any atom is -0.496 e. The molecule has 6 nitrogen and oxygen atoms in total. The number of piperidine rings is 1. The van der Waals surface area contributed by atoms with Gasteiger partial charge in [0.25, 0.3) is 0 Å². The van der Waals surface area contributed by atoms with Crippen molar-refractivity contribution in [2.75, 3.05) is 33.9 Å². The van der Waals surface area contributed by atoms with Gasteiger partial charge in [-0.25, -0.2) is 0 Å². The van der Waals surface area contributed by atoms with E-state index in [1.165, 1.54) is 0 Å². The van der Waals surface area contributed by atoms with Crippen LogP contribution in [0.4, 0.5) is 0 Å². The quantitative estimate of drug-likeness (QED) is 0.816. The molecule has 1 saturated heterocycles. The third-order valence-electron chi connectivity index (χ3n) is 4.08. The van der Waals surface area contributed by atoms with Crippen LogP contribution >= 0.6 is 0 Å². The summed E-state index contributed by atoms with van der Waals surface area (Å²) in [6, 6.07) is 7.26. The van der Waals surface area contributed by atoms with Crippen molar-refractivity contribution in [2.45, 2.75) is 31.6 Å². The monoisotopic (exact) mass is 322 g/mol. The van der Waals surface area contributed by atoms with Gasteiger partial charge in [0.2, 0.25) is 5.91 Å². The number of likely N-dealkylation sites (tertiary alicyclic amines) is 1. The van der Waals surface area contributed by atoms with Gasteiger partial charge in [0.1, 0.15) is 11.8 Å². The zero-order chi connectivity index (χ0) is 16.7. The highest BCUT2D eigenvalue weighted by Crippen LogP contribution is 2.21. The van der Waals surface area contributed by atoms with E-state index in [2.05, 4.69) is 0 Å². The first-order valence-corrected chi connectivity index (χ1v) is 7.92. The molecule has 1 fully saturated rings. The Morgan fingerprint density at radius 1 is 1.30 bits per heavy atom. The lowest BCUT2D eigenvalue weighted by molar-refractivity contribution is -0.136. The van der Waals surface area contributed by atoms with Crippen LogP contribution in [0.1, 0.15) is 18.4 Å². The number of hydrogen-bond donors (Lipinski definition) is 1. The Balaban J connectivity index is 1.77. The van der Waals surface area contributed by atoms with Crippen LogP contribution in [0, 0.1) is 0 Å². The van der Waals surface area contributed by atoms with Gasteiger partial charge in [-0.3, -0.25) is 4.79 Å². The van der Waals surface area contributed by atoms with Gasteiger partial charge >= 0.3 is 0 Å². The van der Waals surface area contributed by atoms with Crippen LogP contribution in [0.3, 0.4) is 0 Å². The molecule has 1 aromatic rings. The lowest BCUT2D eigenvalue weighted by Gasteiger charge is -2.33. The largest absolute Gasteiger partial charge is 0.496 e. The van der Waals surface area contributed by atoms with Crippen LogP contribution in [0.5, 0.6) is 5.75 Å². The first-order chi connectivity index (χ1) is 11.2. The van der Waals surface area contributed by atoms with Gasteiger partial charge < -0.3 is 24.8 Å². The van der Waals surface area contributed by atoms with Gasteiger partial charge in [0, 0.05) is 25.8 Å². The molecule has 1 heterocycles. The SMILES string of the molecule is COCC(N)C(=O)N1CCC(OCc2ccccc2OC)CC1. The minimum atomic E-state index is -0.578. The molecular formula is C17H26N2O4. The molecule has 2 rings (SSSR count). The summed E-state index contributed by atoms with van der Waals surface area (Å²) in [5.74, 6) is 0.792. The number of amides is 1. The van der Waals surface area contributed by atoms with Crippen molar-refractivity contribution < 1.29 is 19.0 Å². The highest BCUT2D eigenvalue weighted by Gasteiger charge is 2.26. The van der Waals surface area contributed by atoms with E-state index in [-0.39, 0.29) is 18.6 Å². The normalized spacial score (nSPS) is 17.1. The molecule has 0 spiro atoms. The van der Waals surface area contributed by atoms with Gasteiger partial charge in [-0.05, 0) is 18.9 Å². The van der Waals surface area contributed by atoms with Crippen molar-refractivity contribution in [2.24, 2.45) is 5.73 Å². The minimum absolute atomic E-state index is 0.0463. The maximum atomic E-state index is 12.1. The van der Waals surface area contributed by atoms with Crippen LogP contribution in [0.2, 0.25) is 0 Å². The average molecular weight is 322 g/mol. The lowest BCUT2D eigenvalue weighted by atomic mass is 10.1. The van der Waals surface area contributed by atoms with Gasteiger partial charge in [0.15, 0.2) is 0 Å². The predicted octanol–water partition coefficient (Wildman–Crippen LogP) is 1.18. The molecule has 2 N–H and O–H groups in total. The van der Waals surface area contributed by atoms with Gasteiger partial charge in [-0.1, -0.05) is 18.2 Å². The summed E-state index contributed by atoms with van der Waals surface area (Å²) in [5, 5.41) is 0. The Labute approximate surface area is 137 Å². The Morgan fingerprint density at radius 2 is 2.00 bits per heavy atom. The molecule has 1 unspecified atom stereocenters. The lowest BCUT2D eigenvalue weighted by Crippen LogP contribution is -2.49. The highest BCUT2D eigenvalue weighted by molar-refractivity contribution is 5.81. The molecule has 0 aromatic heterocycles. The Hall–Kier alpha value is -1.63. The number of para-hydroxylation sites is 1. The Kier molecular flexibility index (Phi) is 6.83. The Morgan fingerprint density at radius 3 is 2.65 bits per heavy atom. The number of nitrogens with two attached hydrogens (primary N) is 1. The number of rotatable bonds is 7. The van der Waals surface area contributed by atoms with E-state index < -0.39 is 6.04 Å². The second-order valence-corrected chi connectivity index (χ2v) is 5.71. The fourth-order valence-corrected chi connectivity index (χ4v) is 2.76. The topological polar surface area (TPSA) is 74.0 Å². The number of hydrogen-bond acceptors (Lipinski definition) is 5. The van der Waals surface area contributed by atoms with Crippen molar-refractivity contribution in [3.05, 3.63) is 29.8 Å². The molecular weight excluding hydrogens is 296 g/mol. The number of ether oxygens (including phenoxy) is 3. The molecule has 128 valence electrons. The molecule has 1 aromatic carbocycles. The van der Waals surface area contributed by atoms with Crippen molar-refractivity contribution >= 4 is 5.91 Å². The standard InChI is InChI=1S/C17H26N2O4/c1-21-12-15(18)17(20)19-9-7-14(8-10-19)23-11-13-5-3-4-6-16(13)22-2/h3-6,14-15H,7-12,18H2,1-2H3. The van der Waals surface area contributed by atoms with Crippen LogP contribution < -0.4 is 10.5 Å². The van der Waals surface area contributed by atoms with Crippen LogP contribution in [-0.2, 0) is 20.9 Å². The van der Waals surface area contributed by atoms with Crippen LogP contribution in [0.25, 0.3) is 0 Å². The number of nitrogens with zero attached hydrogens (tertiary/aromatic N) is 1. The fraction of sp³-hybridized carbons (Fsp3) is 0.588. The maximum absolute atomic E-state index is 12.1. The first-order valence-electron chi connectivity index (χ1n) is 7.92. The summed E-state index contributed by atoms with van der Waals surface area (Å²) in [7, 11) is 3.21. The molecule has 0 radical (unpaired) electrons. The van der Waals surface area contributed by atoms with Crippen molar-refractivity contribution in [3.8, 4) is 5.75 Å². The smallest absolute Gasteiger partial charge is 0.241 e. The third-order valence-corrected chi connectivity index (χ3v) is 4.08. The van der Waals surface area contributed by atoms with Crippen LogP contribution in [-0.4, -0.2) is 56.9 Å². The van der Waals surface area contributed by atoms with Crippen molar-refractivity contribution in [3.63, 3.8) is 0 Å². The molecule has 6 heteroatoms. The first kappa shape index (κ1) is 17.7. The van der Waals surface area contributed by atoms with E-state index in [4.69, 9.17) is 19.9 Å². The van der Waals surface area contributed by atoms with E-state index >= 15 is 0 Å². The second kappa shape index (κ2) is 8.86. The number of methoxy groups -OCH3 is 2. The molecule has 1 aliphatic rings. The number of carbonyl (C=O) groups is 1. The zero-order valence-corrected chi connectivity index (χ0v) is 13.9. The summed E-state index contributed by atoms with van der Waals surface area (Å²) in [5.41, 5.74) is 6.84. The molecule has 1 atom stereocenters. The molecule has 1 aliphatic heterocycles. The zero-order valence-electron chi connectivity index (χ0n) is 13.9. The molecule has 0 bridgehead atoms. The Bertz CT molecular complexity index is 501. The average Bonchev–Trinajstić information content (AvgIpc) is 2.60. The third kappa shape index (κ3) is 4.92. The van der Waals surface area contributed by atoms with Crippen molar-refractivity contribution in [1.29, 1.82) is 0 Å². The molecule has 1 amide bonds. The van der Waals surface area contributed by atoms with Gasteiger partial charge in [0.05, 0.1) is 26.4 Å². The van der Waals surface area contributed by atoms with E-state index in [1.54, 1.807) is 19.1 Å². The fourth-order valence-electron chi connectivity index (χ4n) is 2.76. The summed E-state index contributed by atoms with van der Waals surface area (Å²) < 4.78 is 16.2. The van der Waals surface area contributed by atoms with Crippen molar-refractivity contribution in [1.82, 2.24) is 4.90 Å². The van der Waals surface area contributed by atoms with E-state index in [0.29, 0.717) is 19.7 Å². The predicted molar refractivity (Wildman–Crippen MR) is 87.2 cm³/mol. The molecule has 0 saturated carbocycles. The van der Waals surface area contributed by atoms with E-state index in [9.17, 15) is 4.79 Å². The molecule has 23 heavy (non-hydrogen) atoms. The molecule has 0 aliphatic carbocycles. The highest BCUT2D eigenvalue weighted by atomic mass is 16.5. The summed E-state index contributed by atoms with van der Waals surface area (Å²) >= 11 is 0. The number of carbonyl (C=O) groups excluding carboxylic acids is 1. The van der Waals surface area contributed by atoms with E-state index in [1.807, 2.05) is 24.3 Å². The van der Waals surface area contributed by atoms with Gasteiger partial charge in [-0.2, -0.15) is 0 Å². The van der Waals surface area contributed by atoms with Gasteiger partial charge in [-0.15, -0.1) is 0 Å². The summed E-state index contributed by atoms with van der Waals surface area (Å²) in [4.78, 5) is 13.9. The number of benzene rings is 1.